The average molecular weight is 414 g/mol. The summed E-state index contributed by atoms with van der Waals surface area (Å²) >= 11 is 0. The molecule has 2 atom stereocenters. The summed E-state index contributed by atoms with van der Waals surface area (Å²) in [6.07, 6.45) is 1.16. The van der Waals surface area contributed by atoms with Crippen LogP contribution in [0.2, 0.25) is 0 Å². The summed E-state index contributed by atoms with van der Waals surface area (Å²) in [6, 6.07) is 14.6. The zero-order chi connectivity index (χ0) is 21.9. The Labute approximate surface area is 180 Å². The zero-order valence-corrected chi connectivity index (χ0v) is 17.4. The van der Waals surface area contributed by atoms with Gasteiger partial charge >= 0.3 is 0 Å². The molecule has 0 unspecified atom stereocenters. The zero-order valence-electron chi connectivity index (χ0n) is 17.4. The highest BCUT2D eigenvalue weighted by Crippen LogP contribution is 2.43. The van der Waals surface area contributed by atoms with Gasteiger partial charge in [0.25, 0.3) is 11.8 Å². The number of nitrogens with zero attached hydrogens (tertiary/aromatic N) is 2. The van der Waals surface area contributed by atoms with E-state index in [1.807, 2.05) is 31.2 Å². The van der Waals surface area contributed by atoms with Gasteiger partial charge in [0.15, 0.2) is 0 Å². The maximum absolute atomic E-state index is 12.6. The fourth-order valence-electron chi connectivity index (χ4n) is 5.00. The first-order chi connectivity index (χ1) is 14.9. The number of hydrogen-bond donors (Lipinski definition) is 0. The van der Waals surface area contributed by atoms with Gasteiger partial charge in [0, 0.05) is 7.05 Å². The summed E-state index contributed by atoms with van der Waals surface area (Å²) in [5, 5.41) is 0. The van der Waals surface area contributed by atoms with Gasteiger partial charge in [-0.05, 0) is 48.6 Å². The first-order valence-electron chi connectivity index (χ1n) is 10.4. The third-order valence-corrected chi connectivity index (χ3v) is 6.77. The quantitative estimate of drug-likeness (QED) is 0.723. The molecule has 0 aromatic heterocycles. The molecule has 2 aromatic rings. The van der Waals surface area contributed by atoms with E-state index in [1.54, 1.807) is 31.3 Å². The molecule has 6 heteroatoms. The van der Waals surface area contributed by atoms with E-state index in [4.69, 9.17) is 0 Å². The number of hydrogen-bond acceptors (Lipinski definition) is 4. The molecular formula is C25H22N2O4. The number of benzene rings is 2. The Bertz CT molecular complexity index is 1140. The molecule has 5 rings (SSSR count). The van der Waals surface area contributed by atoms with Crippen LogP contribution in [0.3, 0.4) is 0 Å². The van der Waals surface area contributed by atoms with Crippen LogP contribution >= 0.6 is 0 Å². The van der Waals surface area contributed by atoms with Crippen LogP contribution in [0.5, 0.6) is 0 Å². The lowest BCUT2D eigenvalue weighted by Gasteiger charge is -2.26. The summed E-state index contributed by atoms with van der Waals surface area (Å²) in [5.74, 6) is -1.24. The normalized spacial score (nSPS) is 23.0. The second-order valence-electron chi connectivity index (χ2n) is 8.55. The van der Waals surface area contributed by atoms with Crippen molar-refractivity contribution in [3.05, 3.63) is 76.4 Å². The van der Waals surface area contributed by atoms with E-state index in [0.29, 0.717) is 24.0 Å². The second-order valence-corrected chi connectivity index (χ2v) is 8.55. The molecule has 6 nitrogen and oxygen atoms in total. The third-order valence-electron chi connectivity index (χ3n) is 6.77. The van der Waals surface area contributed by atoms with Crippen LogP contribution in [0.1, 0.15) is 51.6 Å². The summed E-state index contributed by atoms with van der Waals surface area (Å²) in [5.41, 5.74) is 4.99. The molecule has 0 saturated carbocycles. The Balaban J connectivity index is 1.36. The Morgan fingerprint density at radius 3 is 1.94 bits per heavy atom. The molecule has 4 amide bonds. The molecule has 0 spiro atoms. The number of likely N-dealkylation sites (tertiary alicyclic amines) is 1. The Morgan fingerprint density at radius 1 is 0.806 bits per heavy atom. The summed E-state index contributed by atoms with van der Waals surface area (Å²) in [7, 11) is 1.56. The largest absolute Gasteiger partial charge is 0.285 e. The van der Waals surface area contributed by atoms with Crippen molar-refractivity contribution in [3.63, 3.8) is 0 Å². The van der Waals surface area contributed by atoms with Crippen molar-refractivity contribution >= 4 is 29.2 Å². The van der Waals surface area contributed by atoms with E-state index in [9.17, 15) is 19.2 Å². The van der Waals surface area contributed by atoms with Gasteiger partial charge in [-0.25, -0.2) is 0 Å². The fraction of sp³-hybridized carbons (Fsp3) is 0.280. The van der Waals surface area contributed by atoms with Gasteiger partial charge in [0.05, 0.1) is 29.5 Å². The number of fused-ring (bicyclic) bond motifs is 2. The van der Waals surface area contributed by atoms with Crippen molar-refractivity contribution in [1.29, 1.82) is 0 Å². The minimum absolute atomic E-state index is 0.0790. The lowest BCUT2D eigenvalue weighted by atomic mass is 9.75. The Hall–Kier alpha value is -3.54. The number of imide groups is 2. The maximum Gasteiger partial charge on any atom is 0.261 e. The van der Waals surface area contributed by atoms with Gasteiger partial charge in [0.2, 0.25) is 11.8 Å². The van der Waals surface area contributed by atoms with Gasteiger partial charge < -0.3 is 0 Å². The molecule has 2 aromatic carbocycles. The van der Waals surface area contributed by atoms with Crippen molar-refractivity contribution in [2.75, 3.05) is 7.05 Å². The highest BCUT2D eigenvalue weighted by atomic mass is 16.2. The van der Waals surface area contributed by atoms with E-state index in [1.165, 1.54) is 9.80 Å². The highest BCUT2D eigenvalue weighted by molar-refractivity contribution is 6.21. The fourth-order valence-corrected chi connectivity index (χ4v) is 5.00. The van der Waals surface area contributed by atoms with E-state index in [-0.39, 0.29) is 42.0 Å². The van der Waals surface area contributed by atoms with Gasteiger partial charge in [-0.2, -0.15) is 0 Å². The van der Waals surface area contributed by atoms with Crippen LogP contribution < -0.4 is 0 Å². The van der Waals surface area contributed by atoms with Crippen molar-refractivity contribution in [1.82, 2.24) is 9.80 Å². The number of allylic oxidation sites excluding steroid dienone is 2. The molecule has 0 bridgehead atoms. The molecule has 0 radical (unpaired) electrons. The minimum Gasteiger partial charge on any atom is -0.285 e. The first-order valence-corrected chi connectivity index (χ1v) is 10.4. The Morgan fingerprint density at radius 2 is 1.35 bits per heavy atom. The third kappa shape index (κ3) is 2.93. The molecule has 1 fully saturated rings. The number of rotatable bonds is 3. The smallest absolute Gasteiger partial charge is 0.261 e. The van der Waals surface area contributed by atoms with Crippen molar-refractivity contribution < 1.29 is 19.2 Å². The van der Waals surface area contributed by atoms with Crippen molar-refractivity contribution in [3.8, 4) is 0 Å². The highest BCUT2D eigenvalue weighted by Gasteiger charge is 2.48. The van der Waals surface area contributed by atoms with Crippen LogP contribution in [0.4, 0.5) is 0 Å². The molecule has 31 heavy (non-hydrogen) atoms. The number of carbonyl (C=O) groups is 4. The van der Waals surface area contributed by atoms with E-state index >= 15 is 0 Å². The number of amides is 4. The lowest BCUT2D eigenvalue weighted by molar-refractivity contribution is -0.138. The average Bonchev–Trinajstić information content (AvgIpc) is 3.14. The Kier molecular flexibility index (Phi) is 4.39. The van der Waals surface area contributed by atoms with E-state index in [0.717, 1.165) is 22.3 Å². The van der Waals surface area contributed by atoms with Gasteiger partial charge in [-0.1, -0.05) is 42.0 Å². The van der Waals surface area contributed by atoms with Crippen molar-refractivity contribution in [2.45, 2.75) is 26.3 Å². The van der Waals surface area contributed by atoms with Crippen LogP contribution in [-0.2, 0) is 16.1 Å². The van der Waals surface area contributed by atoms with Gasteiger partial charge in [-0.15, -0.1) is 0 Å². The summed E-state index contributed by atoms with van der Waals surface area (Å²) < 4.78 is 0. The molecule has 2 heterocycles. The molecule has 0 N–H and O–H groups in total. The summed E-state index contributed by atoms with van der Waals surface area (Å²) in [6.45, 7) is 2.24. The SMILES string of the molecule is CC1=C(c2ccc(CN3C(=O)c4ccccc4C3=O)cc2)C[C@H]2C(=O)N(C)C(=O)[C@H]2C1. The van der Waals surface area contributed by atoms with Crippen LogP contribution in [0, 0.1) is 11.8 Å². The van der Waals surface area contributed by atoms with Crippen molar-refractivity contribution in [2.24, 2.45) is 11.8 Å². The maximum atomic E-state index is 12.6. The lowest BCUT2D eigenvalue weighted by Crippen LogP contribution is -2.29. The van der Waals surface area contributed by atoms with E-state index < -0.39 is 0 Å². The minimum atomic E-state index is -0.283. The summed E-state index contributed by atoms with van der Waals surface area (Å²) in [4.78, 5) is 52.5. The molecule has 2 aliphatic heterocycles. The molecule has 1 saturated heterocycles. The van der Waals surface area contributed by atoms with Crippen LogP contribution in [-0.4, -0.2) is 40.5 Å². The molecular weight excluding hydrogens is 392 g/mol. The molecule has 156 valence electrons. The second kappa shape index (κ2) is 7.01. The van der Waals surface area contributed by atoms with Crippen LogP contribution in [0.15, 0.2) is 54.1 Å². The monoisotopic (exact) mass is 414 g/mol. The number of carbonyl (C=O) groups excluding carboxylic acids is 4. The van der Waals surface area contributed by atoms with Crippen LogP contribution in [0.25, 0.3) is 5.57 Å². The van der Waals surface area contributed by atoms with E-state index in [2.05, 4.69) is 0 Å². The predicted molar refractivity (Wildman–Crippen MR) is 114 cm³/mol. The topological polar surface area (TPSA) is 74.8 Å². The molecule has 3 aliphatic rings. The predicted octanol–water partition coefficient (Wildman–Crippen LogP) is 3.28. The first kappa shape index (κ1) is 19.4. The standard InChI is InChI=1S/C25H22N2O4/c1-14-11-20-21(23(29)26(2)22(20)28)12-19(14)16-9-7-15(8-10-16)13-27-24(30)17-5-3-4-6-18(17)25(27)31/h3-10,20-21H,11-13H2,1-2H3/t20-,21+/m0/s1. The molecule has 1 aliphatic carbocycles. The van der Waals surface area contributed by atoms with Gasteiger partial charge in [0.1, 0.15) is 0 Å². The van der Waals surface area contributed by atoms with Gasteiger partial charge in [-0.3, -0.25) is 29.0 Å².